The van der Waals surface area contributed by atoms with Crippen molar-refractivity contribution in [3.05, 3.63) is 0 Å². The molecule has 0 unspecified atom stereocenters. The second-order valence-corrected chi connectivity index (χ2v) is 2.25. The first-order valence-electron chi connectivity index (χ1n) is 2.76. The van der Waals surface area contributed by atoms with E-state index in [-0.39, 0.29) is 18.0 Å². The molecule has 1 amide bonds. The Morgan fingerprint density at radius 1 is 1.88 bits per heavy atom. The fourth-order valence-corrected chi connectivity index (χ4v) is 0.897. The van der Waals surface area contributed by atoms with Crippen LogP contribution in [0.3, 0.4) is 0 Å². The first-order valence-corrected chi connectivity index (χ1v) is 2.76. The Hall–Kier alpha value is -0.570. The van der Waals surface area contributed by atoms with Crippen LogP contribution in [0.25, 0.3) is 0 Å². The highest BCUT2D eigenvalue weighted by Crippen LogP contribution is 2.03. The number of nitrogens with two attached hydrogens (primary N) is 1. The molecule has 0 aromatic rings. The molecule has 0 radical (unpaired) electrons. The normalized spacial score (nSPS) is 37.5. The molecule has 3 heteroatoms. The van der Waals surface area contributed by atoms with Gasteiger partial charge in [-0.05, 0) is 13.3 Å². The lowest BCUT2D eigenvalue weighted by Gasteiger charge is -1.95. The summed E-state index contributed by atoms with van der Waals surface area (Å²) >= 11 is 0. The zero-order valence-corrected chi connectivity index (χ0v) is 4.85. The van der Waals surface area contributed by atoms with E-state index >= 15 is 0 Å². The summed E-state index contributed by atoms with van der Waals surface area (Å²) < 4.78 is 0. The van der Waals surface area contributed by atoms with Crippen molar-refractivity contribution in [2.45, 2.75) is 25.4 Å². The van der Waals surface area contributed by atoms with Crippen molar-refractivity contribution in [2.24, 2.45) is 5.73 Å². The minimum Gasteiger partial charge on any atom is -0.352 e. The topological polar surface area (TPSA) is 55.1 Å². The van der Waals surface area contributed by atoms with E-state index in [1.165, 1.54) is 0 Å². The largest absolute Gasteiger partial charge is 0.352 e. The Morgan fingerprint density at radius 2 is 2.50 bits per heavy atom. The van der Waals surface area contributed by atoms with Crippen molar-refractivity contribution in [3.63, 3.8) is 0 Å². The summed E-state index contributed by atoms with van der Waals surface area (Å²) in [6.45, 7) is 1.95. The third-order valence-electron chi connectivity index (χ3n) is 1.33. The van der Waals surface area contributed by atoms with Gasteiger partial charge in [-0.25, -0.2) is 0 Å². The van der Waals surface area contributed by atoms with Crippen LogP contribution in [0.4, 0.5) is 0 Å². The number of carbonyl (C=O) groups excluding carboxylic acids is 1. The molecule has 0 aliphatic carbocycles. The highest BCUT2D eigenvalue weighted by atomic mass is 16.2. The molecule has 1 rings (SSSR count). The van der Waals surface area contributed by atoms with Crippen molar-refractivity contribution in [2.75, 3.05) is 0 Å². The maximum Gasteiger partial charge on any atom is 0.237 e. The first kappa shape index (κ1) is 5.56. The van der Waals surface area contributed by atoms with Crippen LogP contribution < -0.4 is 11.1 Å². The van der Waals surface area contributed by atoms with Gasteiger partial charge in [-0.15, -0.1) is 0 Å². The Kier molecular flexibility index (Phi) is 1.21. The van der Waals surface area contributed by atoms with E-state index in [0.29, 0.717) is 0 Å². The summed E-state index contributed by atoms with van der Waals surface area (Å²) in [6.07, 6.45) is 0.777. The van der Waals surface area contributed by atoms with E-state index in [1.807, 2.05) is 6.92 Å². The molecule has 46 valence electrons. The van der Waals surface area contributed by atoms with Crippen LogP contribution in [-0.4, -0.2) is 18.0 Å². The van der Waals surface area contributed by atoms with Crippen LogP contribution in [0.5, 0.6) is 0 Å². The molecule has 8 heavy (non-hydrogen) atoms. The molecule has 0 aromatic heterocycles. The van der Waals surface area contributed by atoms with E-state index in [2.05, 4.69) is 5.32 Å². The third kappa shape index (κ3) is 0.816. The van der Waals surface area contributed by atoms with Gasteiger partial charge in [-0.2, -0.15) is 0 Å². The van der Waals surface area contributed by atoms with Crippen LogP contribution >= 0.6 is 0 Å². The number of hydrogen-bond donors (Lipinski definition) is 2. The molecule has 0 aromatic carbocycles. The summed E-state index contributed by atoms with van der Waals surface area (Å²) in [5.41, 5.74) is 5.36. The first-order chi connectivity index (χ1) is 3.70. The second-order valence-electron chi connectivity index (χ2n) is 2.25. The van der Waals surface area contributed by atoms with Crippen LogP contribution in [0.2, 0.25) is 0 Å². The summed E-state index contributed by atoms with van der Waals surface area (Å²) in [4.78, 5) is 10.5. The zero-order chi connectivity index (χ0) is 6.15. The van der Waals surface area contributed by atoms with Crippen LogP contribution in [-0.2, 0) is 4.79 Å². The van der Waals surface area contributed by atoms with E-state index in [9.17, 15) is 4.79 Å². The number of hydrogen-bond acceptors (Lipinski definition) is 2. The van der Waals surface area contributed by atoms with Gasteiger partial charge in [0.2, 0.25) is 5.91 Å². The fraction of sp³-hybridized carbons (Fsp3) is 0.800. The monoisotopic (exact) mass is 114 g/mol. The second kappa shape index (κ2) is 1.74. The Balaban J connectivity index is 2.51. The predicted octanol–water partition coefficient (Wildman–Crippen LogP) is -0.778. The summed E-state index contributed by atoms with van der Waals surface area (Å²) in [5.74, 6) is -0.0162. The van der Waals surface area contributed by atoms with Gasteiger partial charge in [-0.3, -0.25) is 4.79 Å². The molecule has 1 saturated heterocycles. The predicted molar refractivity (Wildman–Crippen MR) is 30.2 cm³/mol. The molecule has 3 N–H and O–H groups in total. The molecular weight excluding hydrogens is 104 g/mol. The standard InChI is InChI=1S/C5H10N2O/c1-3-2-4(6)5(8)7-3/h3-4H,2,6H2,1H3,(H,7,8)/t3-,4+/m1/s1. The quantitative estimate of drug-likeness (QED) is 0.434. The summed E-state index contributed by atoms with van der Waals surface area (Å²) in [7, 11) is 0. The van der Waals surface area contributed by atoms with Crippen molar-refractivity contribution in [3.8, 4) is 0 Å². The SMILES string of the molecule is C[C@@H]1C[C@H](N)C(=O)N1. The fourth-order valence-electron chi connectivity index (χ4n) is 0.897. The molecular formula is C5H10N2O. The smallest absolute Gasteiger partial charge is 0.237 e. The van der Waals surface area contributed by atoms with E-state index < -0.39 is 0 Å². The molecule has 1 fully saturated rings. The van der Waals surface area contributed by atoms with Crippen LogP contribution in [0, 0.1) is 0 Å². The van der Waals surface area contributed by atoms with Crippen molar-refractivity contribution >= 4 is 5.91 Å². The zero-order valence-electron chi connectivity index (χ0n) is 4.85. The maximum atomic E-state index is 10.5. The van der Waals surface area contributed by atoms with E-state index in [4.69, 9.17) is 5.73 Å². The third-order valence-corrected chi connectivity index (χ3v) is 1.33. The molecule has 0 saturated carbocycles. The number of carbonyl (C=O) groups is 1. The van der Waals surface area contributed by atoms with Gasteiger partial charge in [0.1, 0.15) is 0 Å². The lowest BCUT2D eigenvalue weighted by Crippen LogP contribution is -2.30. The Labute approximate surface area is 48.2 Å². The molecule has 1 heterocycles. The minimum absolute atomic E-state index is 0.0162. The van der Waals surface area contributed by atoms with Crippen LogP contribution in [0.1, 0.15) is 13.3 Å². The Morgan fingerprint density at radius 3 is 2.62 bits per heavy atom. The van der Waals surface area contributed by atoms with Gasteiger partial charge in [0.25, 0.3) is 0 Å². The van der Waals surface area contributed by atoms with Gasteiger partial charge >= 0.3 is 0 Å². The van der Waals surface area contributed by atoms with Crippen molar-refractivity contribution in [1.29, 1.82) is 0 Å². The van der Waals surface area contributed by atoms with Gasteiger partial charge in [0.05, 0.1) is 6.04 Å². The molecule has 0 bridgehead atoms. The van der Waals surface area contributed by atoms with Gasteiger partial charge in [0.15, 0.2) is 0 Å². The summed E-state index contributed by atoms with van der Waals surface area (Å²) in [6, 6.07) is 0.0162. The highest BCUT2D eigenvalue weighted by molar-refractivity contribution is 5.83. The highest BCUT2D eigenvalue weighted by Gasteiger charge is 2.24. The van der Waals surface area contributed by atoms with E-state index in [1.54, 1.807) is 0 Å². The number of rotatable bonds is 0. The van der Waals surface area contributed by atoms with Crippen molar-refractivity contribution < 1.29 is 4.79 Å². The van der Waals surface area contributed by atoms with E-state index in [0.717, 1.165) is 6.42 Å². The summed E-state index contributed by atoms with van der Waals surface area (Å²) in [5, 5.41) is 2.70. The minimum atomic E-state index is -0.259. The molecule has 1 aliphatic rings. The average Bonchev–Trinajstić information content (AvgIpc) is 1.85. The number of amides is 1. The molecule has 0 spiro atoms. The van der Waals surface area contributed by atoms with Gasteiger partial charge < -0.3 is 11.1 Å². The average molecular weight is 114 g/mol. The lowest BCUT2D eigenvalue weighted by atomic mass is 10.2. The molecule has 3 nitrogen and oxygen atoms in total. The van der Waals surface area contributed by atoms with Crippen LogP contribution in [0.15, 0.2) is 0 Å². The molecule has 2 atom stereocenters. The Bertz CT molecular complexity index is 113. The molecule has 1 aliphatic heterocycles. The van der Waals surface area contributed by atoms with Gasteiger partial charge in [-0.1, -0.05) is 0 Å². The maximum absolute atomic E-state index is 10.5. The lowest BCUT2D eigenvalue weighted by molar-refractivity contribution is -0.120. The van der Waals surface area contributed by atoms with Gasteiger partial charge in [0, 0.05) is 6.04 Å². The van der Waals surface area contributed by atoms with Crippen molar-refractivity contribution in [1.82, 2.24) is 5.32 Å². The number of nitrogens with one attached hydrogen (secondary N) is 1.